The van der Waals surface area contributed by atoms with Gasteiger partial charge < -0.3 is 15.7 Å². The van der Waals surface area contributed by atoms with E-state index < -0.39 is 6.03 Å². The second-order valence-electron chi connectivity index (χ2n) is 3.65. The fourth-order valence-corrected chi connectivity index (χ4v) is 1.58. The third-order valence-corrected chi connectivity index (χ3v) is 2.59. The van der Waals surface area contributed by atoms with Gasteiger partial charge in [0.25, 0.3) is 0 Å². The maximum absolute atomic E-state index is 13.3. The summed E-state index contributed by atoms with van der Waals surface area (Å²) in [7, 11) is 0. The topological polar surface area (TPSA) is 61.4 Å². The molecule has 0 fully saturated rings. The molecule has 1 unspecified atom stereocenters. The van der Waals surface area contributed by atoms with Crippen LogP contribution in [0.1, 0.15) is 12.5 Å². The van der Waals surface area contributed by atoms with Crippen molar-refractivity contribution in [2.24, 2.45) is 0 Å². The molecule has 17 heavy (non-hydrogen) atoms. The zero-order chi connectivity index (χ0) is 12.8. The van der Waals surface area contributed by atoms with Gasteiger partial charge in [0.1, 0.15) is 5.82 Å². The first-order valence-electron chi connectivity index (χ1n) is 5.12. The van der Waals surface area contributed by atoms with E-state index in [9.17, 15) is 9.18 Å². The molecule has 2 amide bonds. The number of aliphatic hydroxyl groups is 1. The van der Waals surface area contributed by atoms with Crippen LogP contribution in [0.3, 0.4) is 0 Å². The normalized spacial score (nSPS) is 12.0. The summed E-state index contributed by atoms with van der Waals surface area (Å²) in [5.74, 6) is -0.372. The van der Waals surface area contributed by atoms with E-state index in [2.05, 4.69) is 26.6 Å². The van der Waals surface area contributed by atoms with Gasteiger partial charge in [-0.2, -0.15) is 0 Å². The Kier molecular flexibility index (Phi) is 5.37. The molecule has 94 valence electrons. The van der Waals surface area contributed by atoms with Crippen LogP contribution in [0, 0.1) is 5.82 Å². The van der Waals surface area contributed by atoms with Crippen molar-refractivity contribution in [1.29, 1.82) is 0 Å². The molecule has 0 radical (unpaired) electrons. The number of carbonyl (C=O) groups excluding carboxylic acids is 1. The molecule has 0 spiro atoms. The molecule has 6 heteroatoms. The molecule has 1 rings (SSSR count). The molecule has 3 N–H and O–H groups in total. The summed E-state index contributed by atoms with van der Waals surface area (Å²) in [4.78, 5) is 11.3. The minimum atomic E-state index is -0.439. The number of halogens is 2. The van der Waals surface area contributed by atoms with Crippen LogP contribution in [0.5, 0.6) is 0 Å². The molecule has 0 saturated heterocycles. The van der Waals surface area contributed by atoms with Gasteiger partial charge in [0.05, 0.1) is 12.6 Å². The molecule has 0 heterocycles. The lowest BCUT2D eigenvalue weighted by Crippen LogP contribution is -2.42. The van der Waals surface area contributed by atoms with Crippen molar-refractivity contribution >= 4 is 22.0 Å². The Bertz CT molecular complexity index is 401. The molecule has 4 nitrogen and oxygen atoms in total. The number of carbonyl (C=O) groups is 1. The maximum atomic E-state index is 13.3. The van der Waals surface area contributed by atoms with Crippen molar-refractivity contribution in [2.75, 3.05) is 6.61 Å². The standard InChI is InChI=1S/C11H14BrFN2O2/c1-7(6-16)15-11(17)14-5-8-4-9(12)2-3-10(8)13/h2-4,7,16H,5-6H2,1H3,(H2,14,15,17). The summed E-state index contributed by atoms with van der Waals surface area (Å²) in [6, 6.07) is 3.75. The number of hydrogen-bond donors (Lipinski definition) is 3. The lowest BCUT2D eigenvalue weighted by Gasteiger charge is -2.12. The summed E-state index contributed by atoms with van der Waals surface area (Å²) >= 11 is 3.23. The fourth-order valence-electron chi connectivity index (χ4n) is 1.17. The first kappa shape index (κ1) is 13.9. The molecule has 1 atom stereocenters. The summed E-state index contributed by atoms with van der Waals surface area (Å²) < 4.78 is 14.1. The Morgan fingerprint density at radius 1 is 1.59 bits per heavy atom. The van der Waals surface area contributed by atoms with E-state index in [1.165, 1.54) is 6.07 Å². The van der Waals surface area contributed by atoms with Crippen molar-refractivity contribution in [1.82, 2.24) is 10.6 Å². The molecule has 0 aromatic heterocycles. The number of benzene rings is 1. The number of nitrogens with one attached hydrogen (secondary N) is 2. The first-order valence-corrected chi connectivity index (χ1v) is 5.91. The van der Waals surface area contributed by atoms with Crippen molar-refractivity contribution in [2.45, 2.75) is 19.5 Å². The Morgan fingerprint density at radius 3 is 2.94 bits per heavy atom. The molecule has 1 aromatic carbocycles. The molecule has 0 bridgehead atoms. The van der Waals surface area contributed by atoms with E-state index in [0.717, 1.165) is 4.47 Å². The fraction of sp³-hybridized carbons (Fsp3) is 0.364. The van der Waals surface area contributed by atoms with Gasteiger partial charge >= 0.3 is 6.03 Å². The Balaban J connectivity index is 2.50. The molecule has 0 aliphatic rings. The lowest BCUT2D eigenvalue weighted by atomic mass is 10.2. The predicted octanol–water partition coefficient (Wildman–Crippen LogP) is 1.77. The average molecular weight is 305 g/mol. The molecule has 1 aromatic rings. The Hall–Kier alpha value is -1.14. The van der Waals surface area contributed by atoms with Crippen LogP contribution in [0.15, 0.2) is 22.7 Å². The monoisotopic (exact) mass is 304 g/mol. The second kappa shape index (κ2) is 6.56. The second-order valence-corrected chi connectivity index (χ2v) is 4.56. The highest BCUT2D eigenvalue weighted by atomic mass is 79.9. The molecule has 0 saturated carbocycles. The molecular formula is C11H14BrFN2O2. The van der Waals surface area contributed by atoms with Gasteiger partial charge in [0, 0.05) is 16.6 Å². The van der Waals surface area contributed by atoms with Crippen LogP contribution in [0.2, 0.25) is 0 Å². The van der Waals surface area contributed by atoms with Crippen molar-refractivity contribution in [3.05, 3.63) is 34.1 Å². The van der Waals surface area contributed by atoms with Crippen molar-refractivity contribution in [3.63, 3.8) is 0 Å². The van der Waals surface area contributed by atoms with Crippen LogP contribution in [-0.4, -0.2) is 23.8 Å². The van der Waals surface area contributed by atoms with Gasteiger partial charge in [-0.15, -0.1) is 0 Å². The van der Waals surface area contributed by atoms with Crippen LogP contribution < -0.4 is 10.6 Å². The highest BCUT2D eigenvalue weighted by Crippen LogP contribution is 2.15. The van der Waals surface area contributed by atoms with Crippen LogP contribution >= 0.6 is 15.9 Å². The first-order chi connectivity index (χ1) is 8.02. The minimum absolute atomic E-state index is 0.0925. The highest BCUT2D eigenvalue weighted by Gasteiger charge is 2.07. The van der Waals surface area contributed by atoms with Crippen molar-refractivity contribution in [3.8, 4) is 0 Å². The van der Waals surface area contributed by atoms with E-state index in [1.807, 2.05) is 0 Å². The van der Waals surface area contributed by atoms with E-state index in [4.69, 9.17) is 5.11 Å². The van der Waals surface area contributed by atoms with E-state index in [-0.39, 0.29) is 25.0 Å². The third kappa shape index (κ3) is 4.70. The van der Waals surface area contributed by atoms with E-state index in [1.54, 1.807) is 19.1 Å². The van der Waals surface area contributed by atoms with Gasteiger partial charge in [-0.05, 0) is 25.1 Å². The minimum Gasteiger partial charge on any atom is -0.394 e. The number of rotatable bonds is 4. The zero-order valence-electron chi connectivity index (χ0n) is 9.34. The highest BCUT2D eigenvalue weighted by molar-refractivity contribution is 9.10. The SMILES string of the molecule is CC(CO)NC(=O)NCc1cc(Br)ccc1F. The average Bonchev–Trinajstić information content (AvgIpc) is 2.30. The quantitative estimate of drug-likeness (QED) is 0.794. The number of amides is 2. The predicted molar refractivity (Wildman–Crippen MR) is 66.0 cm³/mol. The van der Waals surface area contributed by atoms with Gasteiger partial charge in [0.2, 0.25) is 0 Å². The number of urea groups is 1. The van der Waals surface area contributed by atoms with Crippen LogP contribution in [-0.2, 0) is 6.54 Å². The van der Waals surface area contributed by atoms with Crippen LogP contribution in [0.4, 0.5) is 9.18 Å². The summed E-state index contributed by atoms with van der Waals surface area (Å²) in [5, 5.41) is 13.8. The van der Waals surface area contributed by atoms with E-state index >= 15 is 0 Å². The third-order valence-electron chi connectivity index (χ3n) is 2.10. The van der Waals surface area contributed by atoms with Crippen molar-refractivity contribution < 1.29 is 14.3 Å². The number of hydrogen-bond acceptors (Lipinski definition) is 2. The largest absolute Gasteiger partial charge is 0.394 e. The Morgan fingerprint density at radius 2 is 2.29 bits per heavy atom. The molecular weight excluding hydrogens is 291 g/mol. The summed E-state index contributed by atoms with van der Waals surface area (Å²) in [5.41, 5.74) is 0.395. The van der Waals surface area contributed by atoms with Crippen LogP contribution in [0.25, 0.3) is 0 Å². The summed E-state index contributed by atoms with van der Waals surface area (Å²) in [6.45, 7) is 1.62. The number of aliphatic hydroxyl groups excluding tert-OH is 1. The van der Waals surface area contributed by atoms with Gasteiger partial charge in [-0.25, -0.2) is 9.18 Å². The maximum Gasteiger partial charge on any atom is 0.315 e. The zero-order valence-corrected chi connectivity index (χ0v) is 10.9. The van der Waals surface area contributed by atoms with Gasteiger partial charge in [-0.3, -0.25) is 0 Å². The lowest BCUT2D eigenvalue weighted by molar-refractivity contribution is 0.220. The molecule has 0 aliphatic carbocycles. The van der Waals surface area contributed by atoms with E-state index in [0.29, 0.717) is 5.56 Å². The summed E-state index contributed by atoms with van der Waals surface area (Å²) in [6.07, 6.45) is 0. The van der Waals surface area contributed by atoms with Gasteiger partial charge in [-0.1, -0.05) is 15.9 Å². The Labute approximate surface area is 107 Å². The smallest absolute Gasteiger partial charge is 0.315 e. The van der Waals surface area contributed by atoms with Gasteiger partial charge in [0.15, 0.2) is 0 Å². The molecule has 0 aliphatic heterocycles.